The number of amides is 1. The van der Waals surface area contributed by atoms with E-state index in [9.17, 15) is 13.2 Å². The van der Waals surface area contributed by atoms with Gasteiger partial charge in [-0.2, -0.15) is 13.1 Å². The number of ether oxygens (including phenoxy) is 1. The molecule has 0 aromatic heterocycles. The monoisotopic (exact) mass is 211 g/mol. The molecule has 0 radical (unpaired) electrons. The molecule has 4 N–H and O–H groups in total. The number of nitrogens with one attached hydrogen (secondary N) is 2. The van der Waals surface area contributed by atoms with Crippen LogP contribution in [0, 0.1) is 0 Å². The summed E-state index contributed by atoms with van der Waals surface area (Å²) in [5.41, 5.74) is 5.14. The molecule has 7 nitrogen and oxygen atoms in total. The van der Waals surface area contributed by atoms with Crippen molar-refractivity contribution in [2.24, 2.45) is 5.73 Å². The molecule has 0 bridgehead atoms. The Hall–Kier alpha value is -0.860. The van der Waals surface area contributed by atoms with Crippen LogP contribution in [-0.4, -0.2) is 34.7 Å². The van der Waals surface area contributed by atoms with Crippen LogP contribution in [0.2, 0.25) is 0 Å². The Labute approximate surface area is 76.8 Å². The van der Waals surface area contributed by atoms with Gasteiger partial charge in [0.15, 0.2) is 0 Å². The minimum Gasteiger partial charge on any atom is -0.452 e. The maximum Gasteiger partial charge on any atom is 0.421 e. The van der Waals surface area contributed by atoms with Crippen LogP contribution < -0.4 is 15.2 Å². The molecule has 0 saturated heterocycles. The van der Waals surface area contributed by atoms with Crippen LogP contribution in [-0.2, 0) is 14.9 Å². The van der Waals surface area contributed by atoms with Crippen molar-refractivity contribution < 1.29 is 17.9 Å². The number of carbonyl (C=O) groups excluding carboxylic acids is 1. The van der Waals surface area contributed by atoms with E-state index in [4.69, 9.17) is 5.73 Å². The van der Waals surface area contributed by atoms with Gasteiger partial charge in [-0.05, 0) is 13.0 Å². The van der Waals surface area contributed by atoms with Crippen molar-refractivity contribution in [3.63, 3.8) is 0 Å². The first kappa shape index (κ1) is 12.1. The average molecular weight is 211 g/mol. The summed E-state index contributed by atoms with van der Waals surface area (Å²) in [5.74, 6) is 0. The quantitative estimate of drug-likeness (QED) is 0.480. The molecule has 8 heteroatoms. The fourth-order valence-electron chi connectivity index (χ4n) is 0.496. The van der Waals surface area contributed by atoms with Crippen molar-refractivity contribution >= 4 is 16.3 Å². The van der Waals surface area contributed by atoms with E-state index in [1.807, 2.05) is 0 Å². The third-order valence-corrected chi connectivity index (χ3v) is 2.10. The summed E-state index contributed by atoms with van der Waals surface area (Å²) in [6.45, 7) is 0.559. The average Bonchev–Trinajstić information content (AvgIpc) is 2.03. The van der Waals surface area contributed by atoms with Gasteiger partial charge in [-0.25, -0.2) is 9.52 Å². The number of methoxy groups -OCH3 is 1. The molecule has 0 atom stereocenters. The molecule has 0 aliphatic heterocycles. The van der Waals surface area contributed by atoms with Crippen LogP contribution >= 0.6 is 0 Å². The highest BCUT2D eigenvalue weighted by molar-refractivity contribution is 7.88. The van der Waals surface area contributed by atoms with E-state index in [0.717, 1.165) is 7.11 Å². The van der Waals surface area contributed by atoms with Crippen molar-refractivity contribution in [2.75, 3.05) is 20.2 Å². The van der Waals surface area contributed by atoms with Gasteiger partial charge in [-0.3, -0.25) is 0 Å². The second-order valence-electron chi connectivity index (χ2n) is 2.13. The Bertz CT molecular complexity index is 251. The molecule has 0 unspecified atom stereocenters. The van der Waals surface area contributed by atoms with Gasteiger partial charge in [0.05, 0.1) is 7.11 Å². The van der Waals surface area contributed by atoms with Gasteiger partial charge in [0, 0.05) is 6.54 Å². The molecular formula is C5H13N3O4S. The number of rotatable bonds is 5. The van der Waals surface area contributed by atoms with Gasteiger partial charge < -0.3 is 10.5 Å². The van der Waals surface area contributed by atoms with Crippen LogP contribution in [0.3, 0.4) is 0 Å². The summed E-state index contributed by atoms with van der Waals surface area (Å²) in [7, 11) is -2.72. The minimum atomic E-state index is -3.80. The van der Waals surface area contributed by atoms with E-state index >= 15 is 0 Å². The highest BCUT2D eigenvalue weighted by atomic mass is 32.2. The Morgan fingerprint density at radius 2 is 2.15 bits per heavy atom. The Morgan fingerprint density at radius 1 is 1.54 bits per heavy atom. The van der Waals surface area contributed by atoms with E-state index in [-0.39, 0.29) is 6.54 Å². The molecular weight excluding hydrogens is 198 g/mol. The van der Waals surface area contributed by atoms with Crippen LogP contribution in [0.15, 0.2) is 0 Å². The lowest BCUT2D eigenvalue weighted by Crippen LogP contribution is -2.40. The molecule has 0 heterocycles. The molecule has 0 aromatic rings. The first-order chi connectivity index (χ1) is 6.02. The third-order valence-electron chi connectivity index (χ3n) is 1.08. The van der Waals surface area contributed by atoms with E-state index in [1.54, 1.807) is 4.72 Å². The zero-order valence-corrected chi connectivity index (χ0v) is 8.06. The van der Waals surface area contributed by atoms with Gasteiger partial charge in [0.25, 0.3) is 0 Å². The summed E-state index contributed by atoms with van der Waals surface area (Å²) in [6, 6.07) is 0. The summed E-state index contributed by atoms with van der Waals surface area (Å²) < 4.78 is 29.6. The molecule has 0 fully saturated rings. The number of nitrogens with two attached hydrogens (primary N) is 1. The maximum absolute atomic E-state index is 10.9. The largest absolute Gasteiger partial charge is 0.452 e. The van der Waals surface area contributed by atoms with Crippen molar-refractivity contribution in [3.05, 3.63) is 0 Å². The smallest absolute Gasteiger partial charge is 0.421 e. The molecule has 78 valence electrons. The predicted molar refractivity (Wildman–Crippen MR) is 46.1 cm³/mol. The number of carbonyl (C=O) groups is 1. The van der Waals surface area contributed by atoms with Crippen LogP contribution in [0.4, 0.5) is 4.79 Å². The second-order valence-corrected chi connectivity index (χ2v) is 3.63. The van der Waals surface area contributed by atoms with Crippen LogP contribution in [0.5, 0.6) is 0 Å². The zero-order chi connectivity index (χ0) is 10.3. The normalized spacial score (nSPS) is 10.9. The lowest BCUT2D eigenvalue weighted by atomic mass is 10.4. The first-order valence-corrected chi connectivity index (χ1v) is 5.05. The fourth-order valence-corrected chi connectivity index (χ4v) is 1.28. The Kier molecular flexibility index (Phi) is 5.35. The number of hydrogen-bond donors (Lipinski definition) is 3. The molecule has 0 saturated carbocycles. The van der Waals surface area contributed by atoms with Crippen molar-refractivity contribution in [1.29, 1.82) is 0 Å². The molecule has 0 rings (SSSR count). The predicted octanol–water partition coefficient (Wildman–Crippen LogP) is -1.47. The van der Waals surface area contributed by atoms with Crippen molar-refractivity contribution in [2.45, 2.75) is 6.42 Å². The van der Waals surface area contributed by atoms with Crippen molar-refractivity contribution in [3.8, 4) is 0 Å². The summed E-state index contributed by atoms with van der Waals surface area (Å²) in [4.78, 5) is 10.5. The minimum absolute atomic E-state index is 0.183. The Balaban J connectivity index is 3.88. The third kappa shape index (κ3) is 6.31. The van der Waals surface area contributed by atoms with E-state index in [0.29, 0.717) is 13.0 Å². The van der Waals surface area contributed by atoms with Crippen molar-refractivity contribution in [1.82, 2.24) is 9.44 Å². The topological polar surface area (TPSA) is 111 Å². The van der Waals surface area contributed by atoms with Gasteiger partial charge in [-0.1, -0.05) is 0 Å². The molecule has 1 amide bonds. The lowest BCUT2D eigenvalue weighted by Gasteiger charge is -2.05. The van der Waals surface area contributed by atoms with Gasteiger partial charge in [0.2, 0.25) is 0 Å². The standard InChI is InChI=1S/C5H13N3O4S/c1-12-5(9)8-13(10,11)7-4-2-3-6/h7H,2-4,6H2,1H3,(H,8,9). The molecule has 0 spiro atoms. The van der Waals surface area contributed by atoms with Crippen LogP contribution in [0.1, 0.15) is 6.42 Å². The second kappa shape index (κ2) is 5.73. The molecule has 13 heavy (non-hydrogen) atoms. The summed E-state index contributed by atoms with van der Waals surface area (Å²) >= 11 is 0. The molecule has 0 aliphatic carbocycles. The highest BCUT2D eigenvalue weighted by Gasteiger charge is 2.12. The number of hydrogen-bond acceptors (Lipinski definition) is 5. The van der Waals surface area contributed by atoms with Gasteiger partial charge in [-0.15, -0.1) is 0 Å². The highest BCUT2D eigenvalue weighted by Crippen LogP contribution is 1.80. The zero-order valence-electron chi connectivity index (χ0n) is 7.24. The van der Waals surface area contributed by atoms with Gasteiger partial charge >= 0.3 is 16.3 Å². The SMILES string of the molecule is COC(=O)NS(=O)(=O)NCCCN. The molecule has 0 aliphatic rings. The fraction of sp³-hybridized carbons (Fsp3) is 0.800. The molecule has 0 aromatic carbocycles. The maximum atomic E-state index is 10.9. The summed E-state index contributed by atoms with van der Waals surface area (Å²) in [5, 5.41) is 0. The Morgan fingerprint density at radius 3 is 2.62 bits per heavy atom. The van der Waals surface area contributed by atoms with E-state index < -0.39 is 16.3 Å². The van der Waals surface area contributed by atoms with Crippen LogP contribution in [0.25, 0.3) is 0 Å². The van der Waals surface area contributed by atoms with Gasteiger partial charge in [0.1, 0.15) is 0 Å². The first-order valence-electron chi connectivity index (χ1n) is 3.57. The van der Waals surface area contributed by atoms with E-state index in [1.165, 1.54) is 0 Å². The summed E-state index contributed by atoms with van der Waals surface area (Å²) in [6.07, 6.45) is -0.525. The van der Waals surface area contributed by atoms with E-state index in [2.05, 4.69) is 9.46 Å². The lowest BCUT2D eigenvalue weighted by molar-refractivity contribution is 0.177.